The zero-order chi connectivity index (χ0) is 24.3. The van der Waals surface area contributed by atoms with Crippen LogP contribution < -0.4 is 5.32 Å². The molecule has 180 valence electrons. The summed E-state index contributed by atoms with van der Waals surface area (Å²) in [4.78, 5) is 38.2. The Morgan fingerprint density at radius 3 is 2.29 bits per heavy atom. The summed E-state index contributed by atoms with van der Waals surface area (Å²) in [7, 11) is 0. The number of carboxylic acids is 1. The van der Waals surface area contributed by atoms with Crippen LogP contribution in [0.3, 0.4) is 0 Å². The van der Waals surface area contributed by atoms with Crippen molar-refractivity contribution in [2.75, 3.05) is 26.2 Å². The Morgan fingerprint density at radius 2 is 1.74 bits per heavy atom. The molecule has 2 amide bonds. The van der Waals surface area contributed by atoms with Crippen LogP contribution in [0.4, 0.5) is 4.79 Å². The second-order valence-corrected chi connectivity index (χ2v) is 9.62. The van der Waals surface area contributed by atoms with E-state index in [9.17, 15) is 19.5 Å². The van der Waals surface area contributed by atoms with Crippen LogP contribution in [-0.4, -0.2) is 54.2 Å². The van der Waals surface area contributed by atoms with Gasteiger partial charge in [0.2, 0.25) is 5.91 Å². The average molecular weight is 465 g/mol. The van der Waals surface area contributed by atoms with Crippen LogP contribution in [-0.2, 0) is 14.3 Å². The molecule has 0 radical (unpaired) electrons. The van der Waals surface area contributed by atoms with E-state index in [1.807, 2.05) is 31.2 Å². The number of amides is 2. The summed E-state index contributed by atoms with van der Waals surface area (Å²) in [6.07, 6.45) is 0.963. The average Bonchev–Trinajstić information content (AvgIpc) is 3.40. The number of carbonyl (C=O) groups is 3. The number of hydrogen-bond acceptors (Lipinski definition) is 4. The van der Waals surface area contributed by atoms with Crippen LogP contribution in [0, 0.1) is 11.3 Å². The normalized spacial score (nSPS) is 19.9. The van der Waals surface area contributed by atoms with Crippen molar-refractivity contribution in [2.24, 2.45) is 11.3 Å². The number of rotatable bonds is 8. The van der Waals surface area contributed by atoms with E-state index in [4.69, 9.17) is 4.74 Å². The van der Waals surface area contributed by atoms with Crippen molar-refractivity contribution >= 4 is 18.0 Å². The molecule has 1 saturated heterocycles. The molecular weight excluding hydrogens is 432 g/mol. The van der Waals surface area contributed by atoms with Crippen LogP contribution in [0.15, 0.2) is 48.5 Å². The van der Waals surface area contributed by atoms with Gasteiger partial charge in [0.1, 0.15) is 6.61 Å². The molecule has 0 aromatic heterocycles. The van der Waals surface area contributed by atoms with Gasteiger partial charge in [0, 0.05) is 32.0 Å². The first-order valence-electron chi connectivity index (χ1n) is 11.9. The van der Waals surface area contributed by atoms with Gasteiger partial charge in [-0.15, -0.1) is 0 Å². The fourth-order valence-electron chi connectivity index (χ4n) is 4.96. The molecule has 7 heteroatoms. The summed E-state index contributed by atoms with van der Waals surface area (Å²) in [5.74, 6) is -0.969. The lowest BCUT2D eigenvalue weighted by Gasteiger charge is -2.23. The molecule has 1 aliphatic carbocycles. The van der Waals surface area contributed by atoms with Gasteiger partial charge in [-0.1, -0.05) is 61.9 Å². The molecule has 1 heterocycles. The topological polar surface area (TPSA) is 95.9 Å². The van der Waals surface area contributed by atoms with E-state index < -0.39 is 17.5 Å². The van der Waals surface area contributed by atoms with Crippen molar-refractivity contribution in [1.29, 1.82) is 0 Å². The highest BCUT2D eigenvalue weighted by molar-refractivity contribution is 5.81. The number of aliphatic carboxylic acids is 1. The molecule has 2 atom stereocenters. The number of ether oxygens (including phenoxy) is 1. The van der Waals surface area contributed by atoms with Crippen LogP contribution >= 0.6 is 0 Å². The van der Waals surface area contributed by atoms with Crippen molar-refractivity contribution in [1.82, 2.24) is 10.2 Å². The summed E-state index contributed by atoms with van der Waals surface area (Å²) in [6.45, 7) is 4.93. The second-order valence-electron chi connectivity index (χ2n) is 9.62. The van der Waals surface area contributed by atoms with Crippen molar-refractivity contribution in [3.05, 3.63) is 59.7 Å². The first kappa shape index (κ1) is 23.8. The lowest BCUT2D eigenvalue weighted by Crippen LogP contribution is -2.37. The lowest BCUT2D eigenvalue weighted by atomic mass is 9.90. The zero-order valence-corrected chi connectivity index (χ0v) is 19.8. The molecule has 4 rings (SSSR count). The number of carboxylic acid groups (broad SMARTS) is 1. The number of benzene rings is 2. The Morgan fingerprint density at radius 1 is 1.12 bits per heavy atom. The summed E-state index contributed by atoms with van der Waals surface area (Å²) in [5.41, 5.74) is 3.80. The maximum atomic E-state index is 12.7. The molecule has 0 saturated carbocycles. The van der Waals surface area contributed by atoms with Crippen LogP contribution in [0.5, 0.6) is 0 Å². The number of nitrogens with one attached hydrogen (secondary N) is 1. The summed E-state index contributed by atoms with van der Waals surface area (Å²) in [6, 6.07) is 16.4. The van der Waals surface area contributed by atoms with Gasteiger partial charge < -0.3 is 20.1 Å². The third-order valence-electron chi connectivity index (χ3n) is 7.26. The number of fused-ring (bicyclic) bond motifs is 3. The fourth-order valence-corrected chi connectivity index (χ4v) is 4.96. The van der Waals surface area contributed by atoms with E-state index in [1.54, 1.807) is 11.8 Å². The molecule has 2 unspecified atom stereocenters. The van der Waals surface area contributed by atoms with Crippen LogP contribution in [0.25, 0.3) is 11.1 Å². The molecule has 2 aliphatic rings. The first-order valence-corrected chi connectivity index (χ1v) is 11.9. The molecule has 0 spiro atoms. The molecule has 2 aromatic carbocycles. The molecular formula is C27H32N2O5. The van der Waals surface area contributed by atoms with Crippen molar-refractivity contribution in [3.8, 4) is 11.1 Å². The Hall–Kier alpha value is -3.35. The maximum absolute atomic E-state index is 12.7. The quantitative estimate of drug-likeness (QED) is 0.608. The molecule has 2 aromatic rings. The van der Waals surface area contributed by atoms with Gasteiger partial charge in [-0.05, 0) is 41.5 Å². The van der Waals surface area contributed by atoms with Crippen molar-refractivity contribution < 1.29 is 24.2 Å². The third-order valence-corrected chi connectivity index (χ3v) is 7.26. The summed E-state index contributed by atoms with van der Waals surface area (Å²) in [5, 5.41) is 12.2. The summed E-state index contributed by atoms with van der Waals surface area (Å²) >= 11 is 0. The van der Waals surface area contributed by atoms with E-state index in [1.165, 1.54) is 11.1 Å². The Labute approximate surface area is 200 Å². The van der Waals surface area contributed by atoms with E-state index in [0.29, 0.717) is 19.5 Å². The van der Waals surface area contributed by atoms with E-state index in [0.717, 1.165) is 17.5 Å². The Bertz CT molecular complexity index is 1040. The standard InChI is InChI=1S/C27H32N2O5/c1-3-18(14-24(30)29-13-12-27(2,17-29)25(31)32)15-28-26(33)34-16-23-21-10-6-4-8-19(21)20-9-5-7-11-22(20)23/h4-11,18,23H,3,12-17H2,1-2H3,(H,28,33)(H,31,32). The minimum atomic E-state index is -0.878. The highest BCUT2D eigenvalue weighted by Crippen LogP contribution is 2.44. The number of alkyl carbamates (subject to hydrolysis) is 1. The van der Waals surface area contributed by atoms with E-state index in [2.05, 4.69) is 29.6 Å². The fraction of sp³-hybridized carbons (Fsp3) is 0.444. The summed E-state index contributed by atoms with van der Waals surface area (Å²) < 4.78 is 5.58. The number of nitrogens with zero attached hydrogens (tertiary/aromatic N) is 1. The largest absolute Gasteiger partial charge is 0.481 e. The van der Waals surface area contributed by atoms with Crippen molar-refractivity contribution in [3.63, 3.8) is 0 Å². The van der Waals surface area contributed by atoms with Gasteiger partial charge in [-0.2, -0.15) is 0 Å². The molecule has 1 aliphatic heterocycles. The number of hydrogen-bond donors (Lipinski definition) is 2. The monoisotopic (exact) mass is 464 g/mol. The predicted octanol–water partition coefficient (Wildman–Crippen LogP) is 4.26. The van der Waals surface area contributed by atoms with Gasteiger partial charge in [-0.25, -0.2) is 4.79 Å². The van der Waals surface area contributed by atoms with Gasteiger partial charge in [-0.3, -0.25) is 9.59 Å². The van der Waals surface area contributed by atoms with E-state index >= 15 is 0 Å². The van der Waals surface area contributed by atoms with Gasteiger partial charge in [0.05, 0.1) is 5.41 Å². The second kappa shape index (κ2) is 9.87. The highest BCUT2D eigenvalue weighted by atomic mass is 16.5. The first-order chi connectivity index (χ1) is 16.3. The maximum Gasteiger partial charge on any atom is 0.407 e. The van der Waals surface area contributed by atoms with Gasteiger partial charge in [0.15, 0.2) is 0 Å². The SMILES string of the molecule is CCC(CNC(=O)OCC1c2ccccc2-c2ccccc21)CC(=O)N1CCC(C)(C(=O)O)C1. The minimum absolute atomic E-state index is 0.000382. The molecule has 1 fully saturated rings. The minimum Gasteiger partial charge on any atom is -0.481 e. The smallest absolute Gasteiger partial charge is 0.407 e. The number of carbonyl (C=O) groups excluding carboxylic acids is 2. The lowest BCUT2D eigenvalue weighted by molar-refractivity contribution is -0.147. The van der Waals surface area contributed by atoms with Crippen molar-refractivity contribution in [2.45, 2.75) is 39.0 Å². The van der Waals surface area contributed by atoms with Gasteiger partial charge in [0.25, 0.3) is 0 Å². The predicted molar refractivity (Wildman–Crippen MR) is 128 cm³/mol. The van der Waals surface area contributed by atoms with Gasteiger partial charge >= 0.3 is 12.1 Å². The van der Waals surface area contributed by atoms with E-state index in [-0.39, 0.29) is 37.3 Å². The molecule has 34 heavy (non-hydrogen) atoms. The Balaban J connectivity index is 1.28. The molecule has 7 nitrogen and oxygen atoms in total. The molecule has 2 N–H and O–H groups in total. The Kier molecular flexibility index (Phi) is 6.91. The highest BCUT2D eigenvalue weighted by Gasteiger charge is 2.42. The number of likely N-dealkylation sites (tertiary alicyclic amines) is 1. The van der Waals surface area contributed by atoms with Crippen LogP contribution in [0.1, 0.15) is 50.2 Å². The van der Waals surface area contributed by atoms with Crippen LogP contribution in [0.2, 0.25) is 0 Å². The molecule has 0 bridgehead atoms. The zero-order valence-electron chi connectivity index (χ0n) is 19.8. The third kappa shape index (κ3) is 4.79.